The van der Waals surface area contributed by atoms with Crippen LogP contribution >= 0.6 is 0 Å². The topological polar surface area (TPSA) is 66.8 Å². The molecule has 1 saturated heterocycles. The van der Waals surface area contributed by atoms with Crippen molar-refractivity contribution in [2.75, 3.05) is 26.8 Å². The lowest BCUT2D eigenvalue weighted by Crippen LogP contribution is -2.40. The number of methoxy groups -OCH3 is 1. The lowest BCUT2D eigenvalue weighted by molar-refractivity contribution is -0.151. The first-order valence-corrected chi connectivity index (χ1v) is 6.33. The highest BCUT2D eigenvalue weighted by atomic mass is 16.5. The molecule has 0 aromatic rings. The van der Waals surface area contributed by atoms with Crippen molar-refractivity contribution in [1.82, 2.24) is 4.90 Å². The van der Waals surface area contributed by atoms with E-state index in [4.69, 9.17) is 4.74 Å². The van der Waals surface area contributed by atoms with Gasteiger partial charge in [-0.1, -0.05) is 13.8 Å². The number of rotatable bonds is 4. The van der Waals surface area contributed by atoms with E-state index in [1.165, 1.54) is 7.11 Å². The molecule has 2 aliphatic rings. The zero-order valence-corrected chi connectivity index (χ0v) is 11.2. The van der Waals surface area contributed by atoms with Gasteiger partial charge in [0.25, 0.3) is 0 Å². The van der Waals surface area contributed by atoms with Gasteiger partial charge in [0.1, 0.15) is 5.41 Å². The van der Waals surface area contributed by atoms with Crippen molar-refractivity contribution in [2.45, 2.75) is 26.7 Å². The molecule has 18 heavy (non-hydrogen) atoms. The number of hydrogen-bond donors (Lipinski definition) is 1. The second-order valence-corrected chi connectivity index (χ2v) is 6.27. The van der Waals surface area contributed by atoms with Gasteiger partial charge in [-0.25, -0.2) is 0 Å². The van der Waals surface area contributed by atoms with E-state index in [0.717, 1.165) is 6.42 Å². The van der Waals surface area contributed by atoms with E-state index < -0.39 is 11.4 Å². The van der Waals surface area contributed by atoms with Gasteiger partial charge in [-0.05, 0) is 18.3 Å². The van der Waals surface area contributed by atoms with Crippen LogP contribution < -0.4 is 0 Å². The van der Waals surface area contributed by atoms with Crippen LogP contribution in [0.15, 0.2) is 0 Å². The van der Waals surface area contributed by atoms with Crippen molar-refractivity contribution in [1.29, 1.82) is 0 Å². The van der Waals surface area contributed by atoms with Gasteiger partial charge in [0.05, 0.1) is 6.61 Å². The second kappa shape index (κ2) is 4.23. The average molecular weight is 255 g/mol. The second-order valence-electron chi connectivity index (χ2n) is 6.27. The minimum atomic E-state index is -0.913. The summed E-state index contributed by atoms with van der Waals surface area (Å²) < 4.78 is 5.02. The summed E-state index contributed by atoms with van der Waals surface area (Å²) in [4.78, 5) is 25.3. The van der Waals surface area contributed by atoms with Crippen LogP contribution in [0.4, 0.5) is 0 Å². The molecular weight excluding hydrogens is 234 g/mol. The third-order valence-corrected chi connectivity index (χ3v) is 4.35. The van der Waals surface area contributed by atoms with E-state index in [9.17, 15) is 14.7 Å². The maximum absolute atomic E-state index is 12.2. The molecule has 1 saturated carbocycles. The van der Waals surface area contributed by atoms with E-state index in [1.807, 2.05) is 0 Å². The van der Waals surface area contributed by atoms with Crippen LogP contribution in [0.25, 0.3) is 0 Å². The Hall–Kier alpha value is -1.10. The largest absolute Gasteiger partial charge is 0.481 e. The molecule has 2 fully saturated rings. The summed E-state index contributed by atoms with van der Waals surface area (Å²) in [5.74, 6) is -0.682. The van der Waals surface area contributed by atoms with Crippen LogP contribution in [0.1, 0.15) is 26.7 Å². The number of carboxylic acid groups (broad SMARTS) is 1. The summed E-state index contributed by atoms with van der Waals surface area (Å²) in [6, 6.07) is 0. The Morgan fingerprint density at radius 1 is 1.44 bits per heavy atom. The molecular formula is C13H21NO4. The van der Waals surface area contributed by atoms with E-state index in [2.05, 4.69) is 13.8 Å². The molecule has 1 aliphatic carbocycles. The van der Waals surface area contributed by atoms with E-state index in [0.29, 0.717) is 13.0 Å². The number of carbonyl (C=O) groups is 2. The maximum Gasteiger partial charge on any atom is 0.313 e. The summed E-state index contributed by atoms with van der Waals surface area (Å²) in [6.45, 7) is 5.12. The van der Waals surface area contributed by atoms with Gasteiger partial charge in [0, 0.05) is 26.1 Å². The number of aliphatic carboxylic acids is 1. The maximum atomic E-state index is 12.2. The van der Waals surface area contributed by atoms with Crippen LogP contribution in [0.3, 0.4) is 0 Å². The van der Waals surface area contributed by atoms with E-state index in [1.54, 1.807) is 4.90 Å². The monoisotopic (exact) mass is 255 g/mol. The quantitative estimate of drug-likeness (QED) is 0.813. The molecule has 0 aromatic carbocycles. The van der Waals surface area contributed by atoms with Gasteiger partial charge in [0.15, 0.2) is 0 Å². The predicted octanol–water partition coefficient (Wildman–Crippen LogP) is 0.982. The summed E-state index contributed by atoms with van der Waals surface area (Å²) in [7, 11) is 1.50. The highest BCUT2D eigenvalue weighted by Crippen LogP contribution is 2.53. The molecule has 0 spiro atoms. The summed E-state index contributed by atoms with van der Waals surface area (Å²) in [6.07, 6.45) is 1.39. The van der Waals surface area contributed by atoms with Gasteiger partial charge >= 0.3 is 5.97 Å². The Kier molecular flexibility index (Phi) is 3.13. The first-order valence-electron chi connectivity index (χ1n) is 6.33. The third kappa shape index (κ3) is 2.11. The normalized spacial score (nSPS) is 33.5. The SMILES string of the molecule is COCC1(C(=O)O)CCN(C(=O)[C@H]2CC2(C)C)C1. The molecule has 0 aromatic heterocycles. The lowest BCUT2D eigenvalue weighted by Gasteiger charge is -2.24. The molecule has 1 aliphatic heterocycles. The van der Waals surface area contributed by atoms with Gasteiger partial charge in [-0.15, -0.1) is 0 Å². The molecule has 2 atom stereocenters. The van der Waals surface area contributed by atoms with Crippen molar-refractivity contribution in [2.24, 2.45) is 16.7 Å². The standard InChI is InChI=1S/C13H21NO4/c1-12(2)6-9(12)10(15)14-5-4-13(7-14,8-18-3)11(16)17/h9H,4-8H2,1-3H3,(H,16,17)/t9-,13?/m1/s1. The predicted molar refractivity (Wildman–Crippen MR) is 65.0 cm³/mol. The number of carbonyl (C=O) groups excluding carboxylic acids is 1. The van der Waals surface area contributed by atoms with Crippen LogP contribution in [0.2, 0.25) is 0 Å². The Morgan fingerprint density at radius 2 is 2.06 bits per heavy atom. The molecule has 1 amide bonds. The average Bonchev–Trinajstić information content (AvgIpc) is 2.75. The lowest BCUT2D eigenvalue weighted by atomic mass is 9.88. The first-order chi connectivity index (χ1) is 8.32. The molecule has 0 bridgehead atoms. The molecule has 1 N–H and O–H groups in total. The number of nitrogens with zero attached hydrogens (tertiary/aromatic N) is 1. The molecule has 1 unspecified atom stereocenters. The molecule has 102 valence electrons. The van der Waals surface area contributed by atoms with Crippen molar-refractivity contribution < 1.29 is 19.4 Å². The highest BCUT2D eigenvalue weighted by molar-refractivity contribution is 5.84. The first kappa shape index (κ1) is 13.3. The number of likely N-dealkylation sites (tertiary alicyclic amines) is 1. The fourth-order valence-corrected chi connectivity index (χ4v) is 2.80. The molecule has 5 nitrogen and oxygen atoms in total. The Balaban J connectivity index is 2.03. The smallest absolute Gasteiger partial charge is 0.313 e. The number of ether oxygens (including phenoxy) is 1. The molecule has 1 heterocycles. The molecule has 0 radical (unpaired) electrons. The summed E-state index contributed by atoms with van der Waals surface area (Å²) in [5.41, 5.74) is -0.823. The minimum Gasteiger partial charge on any atom is -0.481 e. The Bertz CT molecular complexity index is 379. The van der Waals surface area contributed by atoms with Crippen LogP contribution in [-0.2, 0) is 14.3 Å². The zero-order valence-electron chi connectivity index (χ0n) is 11.2. The van der Waals surface area contributed by atoms with E-state index in [-0.39, 0.29) is 30.4 Å². The fourth-order valence-electron chi connectivity index (χ4n) is 2.80. The van der Waals surface area contributed by atoms with Gasteiger partial charge in [0.2, 0.25) is 5.91 Å². The number of hydrogen-bond acceptors (Lipinski definition) is 3. The van der Waals surface area contributed by atoms with E-state index >= 15 is 0 Å². The molecule has 2 rings (SSSR count). The van der Waals surface area contributed by atoms with Crippen LogP contribution in [0, 0.1) is 16.7 Å². The van der Waals surface area contributed by atoms with Crippen LogP contribution in [-0.4, -0.2) is 48.7 Å². The Morgan fingerprint density at radius 3 is 2.50 bits per heavy atom. The Labute approximate surface area is 107 Å². The minimum absolute atomic E-state index is 0.0737. The zero-order chi connectivity index (χ0) is 13.6. The van der Waals surface area contributed by atoms with Gasteiger partial charge in [-0.3, -0.25) is 9.59 Å². The van der Waals surface area contributed by atoms with Crippen molar-refractivity contribution in [3.05, 3.63) is 0 Å². The summed E-state index contributed by atoms with van der Waals surface area (Å²) >= 11 is 0. The fraction of sp³-hybridized carbons (Fsp3) is 0.846. The van der Waals surface area contributed by atoms with Crippen molar-refractivity contribution in [3.63, 3.8) is 0 Å². The molecule has 5 heteroatoms. The number of amides is 1. The van der Waals surface area contributed by atoms with Gasteiger partial charge < -0.3 is 14.7 Å². The van der Waals surface area contributed by atoms with Crippen LogP contribution in [0.5, 0.6) is 0 Å². The number of carboxylic acids is 1. The summed E-state index contributed by atoms with van der Waals surface area (Å²) in [5, 5.41) is 9.33. The van der Waals surface area contributed by atoms with Crippen molar-refractivity contribution >= 4 is 11.9 Å². The highest BCUT2D eigenvalue weighted by Gasteiger charge is 2.55. The van der Waals surface area contributed by atoms with Crippen molar-refractivity contribution in [3.8, 4) is 0 Å². The van der Waals surface area contributed by atoms with Gasteiger partial charge in [-0.2, -0.15) is 0 Å². The third-order valence-electron chi connectivity index (χ3n) is 4.35.